The number of nitro groups is 1. The summed E-state index contributed by atoms with van der Waals surface area (Å²) < 4.78 is 0. The molecule has 1 unspecified atom stereocenters. The molecule has 0 saturated carbocycles. The first kappa shape index (κ1) is 15.5. The summed E-state index contributed by atoms with van der Waals surface area (Å²) >= 11 is 5.84. The Morgan fingerprint density at radius 2 is 2.33 bits per heavy atom. The van der Waals surface area contributed by atoms with E-state index in [1.54, 1.807) is 0 Å². The highest BCUT2D eigenvalue weighted by Crippen LogP contribution is 2.28. The third-order valence-electron chi connectivity index (χ3n) is 3.61. The summed E-state index contributed by atoms with van der Waals surface area (Å²) in [6, 6.07) is 2.29. The second-order valence-corrected chi connectivity index (χ2v) is 5.68. The minimum Gasteiger partial charge on any atom is -0.397 e. The first-order chi connectivity index (χ1) is 9.88. The van der Waals surface area contributed by atoms with Gasteiger partial charge in [0.1, 0.15) is 0 Å². The topological polar surface area (TPSA) is 102 Å². The van der Waals surface area contributed by atoms with E-state index in [1.807, 2.05) is 7.05 Å². The van der Waals surface area contributed by atoms with Crippen molar-refractivity contribution in [3.8, 4) is 0 Å². The molecule has 1 aliphatic rings. The number of anilines is 1. The Kier molecular flexibility index (Phi) is 4.64. The summed E-state index contributed by atoms with van der Waals surface area (Å²) in [7, 11) is 2.03. The van der Waals surface area contributed by atoms with E-state index in [2.05, 4.69) is 10.2 Å². The molecule has 8 heteroatoms. The van der Waals surface area contributed by atoms with Crippen LogP contribution in [0.15, 0.2) is 12.1 Å². The molecule has 0 aromatic heterocycles. The summed E-state index contributed by atoms with van der Waals surface area (Å²) in [5, 5.41) is 13.6. The Bertz CT molecular complexity index is 579. The van der Waals surface area contributed by atoms with Crippen molar-refractivity contribution in [1.82, 2.24) is 10.2 Å². The van der Waals surface area contributed by atoms with Crippen LogP contribution in [0.25, 0.3) is 0 Å². The Morgan fingerprint density at radius 1 is 1.62 bits per heavy atom. The summed E-state index contributed by atoms with van der Waals surface area (Å²) in [6.45, 7) is 2.44. The molecule has 1 fully saturated rings. The van der Waals surface area contributed by atoms with Gasteiger partial charge in [0.2, 0.25) is 0 Å². The first-order valence-electron chi connectivity index (χ1n) is 6.58. The third-order valence-corrected chi connectivity index (χ3v) is 3.92. The van der Waals surface area contributed by atoms with E-state index in [4.69, 9.17) is 17.3 Å². The number of nitro benzene ring substituents is 1. The van der Waals surface area contributed by atoms with Crippen molar-refractivity contribution < 1.29 is 9.72 Å². The second kappa shape index (κ2) is 6.28. The Labute approximate surface area is 127 Å². The standard InChI is InChI=1S/C13H17ClN4O3/c1-17-3-2-8(7-17)6-16-13(19)10-4-9(18(20)21)5-11(14)12(10)15/h4-5,8H,2-3,6-7,15H2,1H3,(H,16,19). The molecule has 1 aliphatic heterocycles. The molecule has 0 bridgehead atoms. The number of amides is 1. The summed E-state index contributed by atoms with van der Waals surface area (Å²) in [4.78, 5) is 24.5. The lowest BCUT2D eigenvalue weighted by atomic mass is 10.1. The molecule has 1 aromatic carbocycles. The van der Waals surface area contributed by atoms with Crippen LogP contribution in [-0.2, 0) is 0 Å². The van der Waals surface area contributed by atoms with Gasteiger partial charge in [-0.15, -0.1) is 0 Å². The van der Waals surface area contributed by atoms with Crippen molar-refractivity contribution in [1.29, 1.82) is 0 Å². The molecule has 1 atom stereocenters. The molecule has 1 aromatic rings. The maximum atomic E-state index is 12.1. The highest BCUT2D eigenvalue weighted by atomic mass is 35.5. The van der Waals surface area contributed by atoms with Crippen molar-refractivity contribution in [3.63, 3.8) is 0 Å². The third kappa shape index (κ3) is 3.62. The van der Waals surface area contributed by atoms with Gasteiger partial charge in [-0.2, -0.15) is 0 Å². The number of nitrogens with one attached hydrogen (secondary N) is 1. The fraction of sp³-hybridized carbons (Fsp3) is 0.462. The molecule has 114 valence electrons. The largest absolute Gasteiger partial charge is 0.397 e. The van der Waals surface area contributed by atoms with E-state index < -0.39 is 10.8 Å². The molecular weight excluding hydrogens is 296 g/mol. The van der Waals surface area contributed by atoms with E-state index >= 15 is 0 Å². The lowest BCUT2D eigenvalue weighted by Crippen LogP contribution is -2.31. The number of likely N-dealkylation sites (tertiary alicyclic amines) is 1. The van der Waals surface area contributed by atoms with E-state index in [-0.39, 0.29) is 22.0 Å². The number of hydrogen-bond acceptors (Lipinski definition) is 5. The number of carbonyl (C=O) groups is 1. The molecule has 2 rings (SSSR count). The fourth-order valence-corrected chi connectivity index (χ4v) is 2.64. The SMILES string of the molecule is CN1CCC(CNC(=O)c2cc([N+](=O)[O-])cc(Cl)c2N)C1. The molecule has 1 saturated heterocycles. The van der Waals surface area contributed by atoms with Gasteiger partial charge in [0.25, 0.3) is 11.6 Å². The average molecular weight is 313 g/mol. The van der Waals surface area contributed by atoms with Crippen LogP contribution in [0.1, 0.15) is 16.8 Å². The van der Waals surface area contributed by atoms with Crippen LogP contribution in [0.2, 0.25) is 5.02 Å². The zero-order chi connectivity index (χ0) is 15.6. The molecule has 21 heavy (non-hydrogen) atoms. The summed E-state index contributed by atoms with van der Waals surface area (Å²) in [5.41, 5.74) is 5.59. The molecule has 0 radical (unpaired) electrons. The zero-order valence-corrected chi connectivity index (χ0v) is 12.4. The first-order valence-corrected chi connectivity index (χ1v) is 6.96. The van der Waals surface area contributed by atoms with Crippen LogP contribution in [0.4, 0.5) is 11.4 Å². The highest BCUT2D eigenvalue weighted by Gasteiger charge is 2.22. The number of benzene rings is 1. The van der Waals surface area contributed by atoms with Gasteiger partial charge in [0.15, 0.2) is 0 Å². The molecule has 3 N–H and O–H groups in total. The van der Waals surface area contributed by atoms with Gasteiger partial charge in [-0.25, -0.2) is 0 Å². The Balaban J connectivity index is 2.09. The fourth-order valence-electron chi connectivity index (χ4n) is 2.42. The van der Waals surface area contributed by atoms with Gasteiger partial charge in [-0.05, 0) is 25.9 Å². The Hall–Kier alpha value is -1.86. The van der Waals surface area contributed by atoms with Crippen molar-refractivity contribution >= 4 is 28.9 Å². The normalized spacial score (nSPS) is 18.7. The lowest BCUT2D eigenvalue weighted by molar-refractivity contribution is -0.384. The number of carbonyl (C=O) groups excluding carboxylic acids is 1. The second-order valence-electron chi connectivity index (χ2n) is 5.27. The van der Waals surface area contributed by atoms with Gasteiger partial charge in [-0.1, -0.05) is 11.6 Å². The van der Waals surface area contributed by atoms with Crippen LogP contribution in [0.3, 0.4) is 0 Å². The van der Waals surface area contributed by atoms with Crippen LogP contribution in [0.5, 0.6) is 0 Å². The van der Waals surface area contributed by atoms with Gasteiger partial charge >= 0.3 is 0 Å². The maximum absolute atomic E-state index is 12.1. The highest BCUT2D eigenvalue weighted by molar-refractivity contribution is 6.34. The quantitative estimate of drug-likeness (QED) is 0.498. The van der Waals surface area contributed by atoms with Gasteiger partial charge in [-0.3, -0.25) is 14.9 Å². The molecule has 7 nitrogen and oxygen atoms in total. The predicted molar refractivity (Wildman–Crippen MR) is 80.5 cm³/mol. The van der Waals surface area contributed by atoms with Crippen molar-refractivity contribution in [3.05, 3.63) is 32.8 Å². The van der Waals surface area contributed by atoms with Crippen LogP contribution >= 0.6 is 11.6 Å². The minimum atomic E-state index is -0.603. The van der Waals surface area contributed by atoms with Crippen LogP contribution in [-0.4, -0.2) is 42.4 Å². The monoisotopic (exact) mass is 312 g/mol. The van der Waals surface area contributed by atoms with Crippen LogP contribution in [0, 0.1) is 16.0 Å². The lowest BCUT2D eigenvalue weighted by Gasteiger charge is -2.13. The number of rotatable bonds is 4. The average Bonchev–Trinajstić information content (AvgIpc) is 2.84. The zero-order valence-electron chi connectivity index (χ0n) is 11.6. The van der Waals surface area contributed by atoms with E-state index in [0.717, 1.165) is 31.6 Å². The number of halogens is 1. The van der Waals surface area contributed by atoms with E-state index in [9.17, 15) is 14.9 Å². The molecule has 1 amide bonds. The van der Waals surface area contributed by atoms with E-state index in [0.29, 0.717) is 12.5 Å². The van der Waals surface area contributed by atoms with Gasteiger partial charge in [0.05, 0.1) is 21.2 Å². The molecular formula is C13H17ClN4O3. The number of nitrogens with two attached hydrogens (primary N) is 1. The predicted octanol–water partition coefficient (Wildman–Crippen LogP) is 1.51. The van der Waals surface area contributed by atoms with Crippen LogP contribution < -0.4 is 11.1 Å². The summed E-state index contributed by atoms with van der Waals surface area (Å²) in [6.07, 6.45) is 1.02. The molecule has 0 spiro atoms. The van der Waals surface area contributed by atoms with Crippen molar-refractivity contribution in [2.45, 2.75) is 6.42 Å². The summed E-state index contributed by atoms with van der Waals surface area (Å²) in [5.74, 6) is -0.0537. The minimum absolute atomic E-state index is 0.00921. The van der Waals surface area contributed by atoms with E-state index in [1.165, 1.54) is 0 Å². The molecule has 0 aliphatic carbocycles. The maximum Gasteiger partial charge on any atom is 0.271 e. The number of nitrogens with zero attached hydrogens (tertiary/aromatic N) is 2. The number of nitrogen functional groups attached to an aromatic ring is 1. The van der Waals surface area contributed by atoms with Gasteiger partial charge < -0.3 is 16.0 Å². The van der Waals surface area contributed by atoms with Crippen molar-refractivity contribution in [2.75, 3.05) is 32.4 Å². The number of hydrogen-bond donors (Lipinski definition) is 2. The Morgan fingerprint density at radius 3 is 2.90 bits per heavy atom. The molecule has 1 heterocycles. The van der Waals surface area contributed by atoms with Crippen molar-refractivity contribution in [2.24, 2.45) is 5.92 Å². The number of non-ortho nitro benzene ring substituents is 1. The smallest absolute Gasteiger partial charge is 0.271 e. The van der Waals surface area contributed by atoms with Gasteiger partial charge in [0, 0.05) is 25.2 Å².